The third-order valence-corrected chi connectivity index (χ3v) is 4.28. The van der Waals surface area contributed by atoms with Gasteiger partial charge in [0.15, 0.2) is 0 Å². The Balaban J connectivity index is 1.43. The zero-order valence-corrected chi connectivity index (χ0v) is 11.3. The highest BCUT2D eigenvalue weighted by molar-refractivity contribution is 5.88. The summed E-state index contributed by atoms with van der Waals surface area (Å²) in [6.07, 6.45) is 9.72. The van der Waals surface area contributed by atoms with Crippen LogP contribution < -0.4 is 16.2 Å². The SMILES string of the molecule is O=C(NCC[C@@H]1C[C@@H]2C=C[C@H]1C2)Nc1ccc[nH]c1=O. The van der Waals surface area contributed by atoms with Crippen LogP contribution in [0.4, 0.5) is 10.5 Å². The molecule has 0 saturated heterocycles. The summed E-state index contributed by atoms with van der Waals surface area (Å²) in [6, 6.07) is 2.94. The van der Waals surface area contributed by atoms with Crippen LogP contribution in [-0.2, 0) is 0 Å². The number of rotatable bonds is 4. The van der Waals surface area contributed by atoms with E-state index in [4.69, 9.17) is 0 Å². The first-order valence-electron chi connectivity index (χ1n) is 7.13. The summed E-state index contributed by atoms with van der Waals surface area (Å²) in [7, 11) is 0. The van der Waals surface area contributed by atoms with E-state index in [1.54, 1.807) is 12.1 Å². The largest absolute Gasteiger partial charge is 0.338 e. The Kier molecular flexibility index (Phi) is 3.58. The number of aromatic amines is 1. The number of H-pyrrole nitrogens is 1. The van der Waals surface area contributed by atoms with Crippen molar-refractivity contribution >= 4 is 11.7 Å². The fourth-order valence-corrected chi connectivity index (χ4v) is 3.28. The second-order valence-corrected chi connectivity index (χ2v) is 5.62. The average Bonchev–Trinajstić information content (AvgIpc) is 3.04. The zero-order chi connectivity index (χ0) is 13.9. The average molecular weight is 273 g/mol. The van der Waals surface area contributed by atoms with Crippen LogP contribution in [0.5, 0.6) is 0 Å². The van der Waals surface area contributed by atoms with Crippen molar-refractivity contribution in [3.63, 3.8) is 0 Å². The summed E-state index contributed by atoms with van der Waals surface area (Å²) in [5.74, 6) is 2.17. The van der Waals surface area contributed by atoms with Gasteiger partial charge < -0.3 is 15.6 Å². The number of anilines is 1. The first kappa shape index (κ1) is 13.0. The molecule has 2 aliphatic rings. The predicted octanol–water partition coefficient (Wildman–Crippen LogP) is 2.10. The molecule has 1 aromatic rings. The van der Waals surface area contributed by atoms with Gasteiger partial charge in [-0.15, -0.1) is 0 Å². The molecule has 0 aliphatic heterocycles. The number of hydrogen-bond acceptors (Lipinski definition) is 2. The summed E-state index contributed by atoms with van der Waals surface area (Å²) in [4.78, 5) is 25.6. The van der Waals surface area contributed by atoms with E-state index in [-0.39, 0.29) is 17.3 Å². The first-order valence-corrected chi connectivity index (χ1v) is 7.13. The number of fused-ring (bicyclic) bond motifs is 2. The van der Waals surface area contributed by atoms with Gasteiger partial charge in [0.25, 0.3) is 5.56 Å². The molecule has 5 heteroatoms. The molecule has 1 saturated carbocycles. The number of urea groups is 1. The van der Waals surface area contributed by atoms with E-state index < -0.39 is 0 Å². The van der Waals surface area contributed by atoms with Gasteiger partial charge in [-0.05, 0) is 49.1 Å². The maximum absolute atomic E-state index is 11.7. The van der Waals surface area contributed by atoms with Gasteiger partial charge in [-0.1, -0.05) is 12.2 Å². The molecular weight excluding hydrogens is 254 g/mol. The van der Waals surface area contributed by atoms with Crippen LogP contribution in [0.25, 0.3) is 0 Å². The van der Waals surface area contributed by atoms with Gasteiger partial charge in [0.2, 0.25) is 0 Å². The molecule has 0 aromatic carbocycles. The summed E-state index contributed by atoms with van der Waals surface area (Å²) >= 11 is 0. The number of amides is 2. The minimum absolute atomic E-state index is 0.271. The minimum Gasteiger partial charge on any atom is -0.338 e. The Labute approximate surface area is 117 Å². The summed E-state index contributed by atoms with van der Waals surface area (Å²) in [5, 5.41) is 5.38. The highest BCUT2D eigenvalue weighted by Gasteiger charge is 2.34. The third kappa shape index (κ3) is 2.76. The van der Waals surface area contributed by atoms with Crippen molar-refractivity contribution in [2.24, 2.45) is 17.8 Å². The van der Waals surface area contributed by atoms with Crippen LogP contribution in [0.2, 0.25) is 0 Å². The molecule has 20 heavy (non-hydrogen) atoms. The summed E-state index contributed by atoms with van der Waals surface area (Å²) in [6.45, 7) is 0.651. The van der Waals surface area contributed by atoms with Crippen LogP contribution >= 0.6 is 0 Å². The lowest BCUT2D eigenvalue weighted by molar-refractivity contribution is 0.250. The number of pyridine rings is 1. The molecule has 106 valence electrons. The second kappa shape index (κ2) is 5.53. The van der Waals surface area contributed by atoms with Crippen LogP contribution in [0, 0.1) is 17.8 Å². The van der Waals surface area contributed by atoms with Gasteiger partial charge >= 0.3 is 6.03 Å². The molecule has 1 heterocycles. The molecule has 2 bridgehead atoms. The molecule has 5 nitrogen and oxygen atoms in total. The lowest BCUT2D eigenvalue weighted by Gasteiger charge is -2.18. The van der Waals surface area contributed by atoms with E-state index in [0.717, 1.165) is 12.3 Å². The molecule has 2 aliphatic carbocycles. The maximum atomic E-state index is 11.7. The molecule has 2 amide bonds. The molecule has 3 atom stereocenters. The Morgan fingerprint density at radius 1 is 1.35 bits per heavy atom. The highest BCUT2D eigenvalue weighted by atomic mass is 16.2. The van der Waals surface area contributed by atoms with E-state index in [1.165, 1.54) is 19.0 Å². The lowest BCUT2D eigenvalue weighted by atomic mass is 9.91. The fraction of sp³-hybridized carbons (Fsp3) is 0.467. The van der Waals surface area contributed by atoms with Crippen molar-refractivity contribution in [2.45, 2.75) is 19.3 Å². The van der Waals surface area contributed by atoms with Crippen LogP contribution in [0.3, 0.4) is 0 Å². The summed E-state index contributed by atoms with van der Waals surface area (Å²) < 4.78 is 0. The van der Waals surface area contributed by atoms with E-state index in [0.29, 0.717) is 18.4 Å². The van der Waals surface area contributed by atoms with Crippen molar-refractivity contribution < 1.29 is 4.79 Å². The van der Waals surface area contributed by atoms with E-state index >= 15 is 0 Å². The molecule has 3 rings (SSSR count). The van der Waals surface area contributed by atoms with E-state index in [2.05, 4.69) is 27.8 Å². The quantitative estimate of drug-likeness (QED) is 0.735. The van der Waals surface area contributed by atoms with Crippen molar-refractivity contribution in [1.82, 2.24) is 10.3 Å². The lowest BCUT2D eigenvalue weighted by Crippen LogP contribution is -2.32. The molecule has 1 aromatic heterocycles. The number of hydrogen-bond donors (Lipinski definition) is 3. The predicted molar refractivity (Wildman–Crippen MR) is 77.5 cm³/mol. The third-order valence-electron chi connectivity index (χ3n) is 4.28. The smallest absolute Gasteiger partial charge is 0.319 e. The van der Waals surface area contributed by atoms with E-state index in [1.807, 2.05) is 0 Å². The Morgan fingerprint density at radius 2 is 2.25 bits per heavy atom. The monoisotopic (exact) mass is 273 g/mol. The highest BCUT2D eigenvalue weighted by Crippen LogP contribution is 2.44. The molecule has 0 spiro atoms. The van der Waals surface area contributed by atoms with Gasteiger partial charge in [-0.2, -0.15) is 0 Å². The van der Waals surface area contributed by atoms with Crippen molar-refractivity contribution in [3.8, 4) is 0 Å². The second-order valence-electron chi connectivity index (χ2n) is 5.62. The van der Waals surface area contributed by atoms with Crippen molar-refractivity contribution in [1.29, 1.82) is 0 Å². The number of nitrogens with one attached hydrogen (secondary N) is 3. The zero-order valence-electron chi connectivity index (χ0n) is 11.3. The summed E-state index contributed by atoms with van der Waals surface area (Å²) in [5.41, 5.74) is -0.0197. The van der Waals surface area contributed by atoms with Crippen molar-refractivity contribution in [3.05, 3.63) is 40.8 Å². The Bertz CT molecular complexity index is 578. The van der Waals surface area contributed by atoms with Gasteiger partial charge in [0.05, 0.1) is 0 Å². The molecule has 1 fully saturated rings. The van der Waals surface area contributed by atoms with Crippen LogP contribution in [0.1, 0.15) is 19.3 Å². The number of carbonyl (C=O) groups excluding carboxylic acids is 1. The van der Waals surface area contributed by atoms with Gasteiger partial charge in [-0.3, -0.25) is 4.79 Å². The Hall–Kier alpha value is -2.04. The molecule has 3 N–H and O–H groups in total. The number of allylic oxidation sites excluding steroid dienone is 2. The molecule has 0 radical (unpaired) electrons. The molecule has 0 unspecified atom stereocenters. The standard InChI is InChI=1S/C15H19N3O2/c19-14-13(2-1-6-16-14)18-15(20)17-7-5-12-9-10-3-4-11(12)8-10/h1-4,6,10-12H,5,7-9H2,(H,16,19)(H2,17,18,20)/t10-,11+,12-/m1/s1. The van der Waals surface area contributed by atoms with Gasteiger partial charge in [0, 0.05) is 12.7 Å². The Morgan fingerprint density at radius 3 is 2.95 bits per heavy atom. The van der Waals surface area contributed by atoms with Gasteiger partial charge in [0.1, 0.15) is 5.69 Å². The van der Waals surface area contributed by atoms with Gasteiger partial charge in [-0.25, -0.2) is 4.79 Å². The van der Waals surface area contributed by atoms with Crippen LogP contribution in [-0.4, -0.2) is 17.6 Å². The topological polar surface area (TPSA) is 74.0 Å². The number of aromatic nitrogens is 1. The first-order chi connectivity index (χ1) is 9.72. The maximum Gasteiger partial charge on any atom is 0.319 e. The van der Waals surface area contributed by atoms with Crippen LogP contribution in [0.15, 0.2) is 35.3 Å². The van der Waals surface area contributed by atoms with E-state index in [9.17, 15) is 9.59 Å². The number of carbonyl (C=O) groups is 1. The molecular formula is C15H19N3O2. The fourth-order valence-electron chi connectivity index (χ4n) is 3.28. The normalized spacial score (nSPS) is 26.7. The van der Waals surface area contributed by atoms with Crippen molar-refractivity contribution in [2.75, 3.05) is 11.9 Å². The minimum atomic E-state index is -0.319.